The van der Waals surface area contributed by atoms with E-state index in [-0.39, 0.29) is 0 Å². The SMILES string of the molecule is COc1ccccc1SCc1sccc1C=CC(=O)O. The zero-order valence-corrected chi connectivity index (χ0v) is 12.5. The summed E-state index contributed by atoms with van der Waals surface area (Å²) < 4.78 is 5.32. The minimum Gasteiger partial charge on any atom is -0.496 e. The zero-order chi connectivity index (χ0) is 14.4. The van der Waals surface area contributed by atoms with Crippen LogP contribution >= 0.6 is 23.1 Å². The second-order valence-electron chi connectivity index (χ2n) is 3.91. The molecule has 0 aliphatic rings. The van der Waals surface area contributed by atoms with Crippen LogP contribution in [0, 0.1) is 0 Å². The Morgan fingerprint density at radius 3 is 2.95 bits per heavy atom. The number of rotatable bonds is 6. The lowest BCUT2D eigenvalue weighted by atomic mass is 10.2. The van der Waals surface area contributed by atoms with Crippen LogP contribution in [-0.2, 0) is 10.5 Å². The van der Waals surface area contributed by atoms with E-state index < -0.39 is 5.97 Å². The minimum absolute atomic E-state index is 0.789. The lowest BCUT2D eigenvalue weighted by molar-refractivity contribution is -0.131. The monoisotopic (exact) mass is 306 g/mol. The Morgan fingerprint density at radius 1 is 1.40 bits per heavy atom. The second-order valence-corrected chi connectivity index (χ2v) is 5.93. The molecule has 0 aliphatic heterocycles. The van der Waals surface area contributed by atoms with Gasteiger partial charge in [0.05, 0.1) is 7.11 Å². The van der Waals surface area contributed by atoms with Gasteiger partial charge in [-0.1, -0.05) is 12.1 Å². The summed E-state index contributed by atoms with van der Waals surface area (Å²) in [4.78, 5) is 12.8. The number of aliphatic carboxylic acids is 1. The highest BCUT2D eigenvalue weighted by Gasteiger charge is 2.06. The van der Waals surface area contributed by atoms with E-state index in [2.05, 4.69) is 0 Å². The normalized spacial score (nSPS) is 10.8. The molecule has 0 saturated carbocycles. The van der Waals surface area contributed by atoms with E-state index in [0.717, 1.165) is 26.8 Å². The highest BCUT2D eigenvalue weighted by atomic mass is 32.2. The van der Waals surface area contributed by atoms with Crippen LogP contribution in [0.2, 0.25) is 0 Å². The summed E-state index contributed by atoms with van der Waals surface area (Å²) in [5.74, 6) is 0.716. The number of carboxylic acid groups (broad SMARTS) is 1. The van der Waals surface area contributed by atoms with Crippen LogP contribution in [0.5, 0.6) is 5.75 Å². The minimum atomic E-state index is -0.931. The molecule has 1 heterocycles. The Kier molecular flexibility index (Phi) is 5.26. The molecule has 2 rings (SSSR count). The Bertz CT molecular complexity index is 617. The smallest absolute Gasteiger partial charge is 0.328 e. The first-order chi connectivity index (χ1) is 9.70. The summed E-state index contributed by atoms with van der Waals surface area (Å²) in [6.45, 7) is 0. The number of benzene rings is 1. The van der Waals surface area contributed by atoms with Crippen LogP contribution in [0.4, 0.5) is 0 Å². The number of thioether (sulfide) groups is 1. The van der Waals surface area contributed by atoms with Crippen molar-refractivity contribution in [1.82, 2.24) is 0 Å². The largest absolute Gasteiger partial charge is 0.496 e. The summed E-state index contributed by atoms with van der Waals surface area (Å²) in [5, 5.41) is 10.6. The van der Waals surface area contributed by atoms with Gasteiger partial charge in [0, 0.05) is 21.6 Å². The summed E-state index contributed by atoms with van der Waals surface area (Å²) in [6.07, 6.45) is 2.80. The predicted octanol–water partition coefficient (Wildman–Crippen LogP) is 4.15. The molecule has 0 amide bonds. The van der Waals surface area contributed by atoms with Gasteiger partial charge in [0.15, 0.2) is 0 Å². The average molecular weight is 306 g/mol. The fraction of sp³-hybridized carbons (Fsp3) is 0.133. The number of thiophene rings is 1. The van der Waals surface area contributed by atoms with Crippen molar-refractivity contribution in [2.45, 2.75) is 10.6 Å². The van der Waals surface area contributed by atoms with Crippen LogP contribution in [0.3, 0.4) is 0 Å². The van der Waals surface area contributed by atoms with Gasteiger partial charge in [0.1, 0.15) is 5.75 Å². The first-order valence-corrected chi connectivity index (χ1v) is 7.80. The highest BCUT2D eigenvalue weighted by Crippen LogP contribution is 2.33. The standard InChI is InChI=1S/C15H14O3S2/c1-18-12-4-2-3-5-13(12)20-10-14-11(8-9-19-14)6-7-15(16)17/h2-9H,10H2,1H3,(H,16,17). The first-order valence-electron chi connectivity index (χ1n) is 5.94. The van der Waals surface area contributed by atoms with Crippen molar-refractivity contribution in [3.05, 3.63) is 52.2 Å². The molecule has 3 nitrogen and oxygen atoms in total. The number of carbonyl (C=O) groups is 1. The van der Waals surface area contributed by atoms with Crippen LogP contribution in [-0.4, -0.2) is 18.2 Å². The van der Waals surface area contributed by atoms with E-state index in [1.54, 1.807) is 36.3 Å². The molecule has 0 aliphatic carbocycles. The van der Waals surface area contributed by atoms with Gasteiger partial charge in [-0.05, 0) is 35.2 Å². The fourth-order valence-corrected chi connectivity index (χ4v) is 3.68. The molecule has 2 aromatic rings. The fourth-order valence-electron chi connectivity index (χ4n) is 1.66. The molecule has 0 bridgehead atoms. The topological polar surface area (TPSA) is 46.5 Å². The van der Waals surface area contributed by atoms with E-state index in [1.807, 2.05) is 35.7 Å². The van der Waals surface area contributed by atoms with Gasteiger partial charge in [0.25, 0.3) is 0 Å². The Hall–Kier alpha value is -1.72. The molecule has 0 saturated heterocycles. The molecular weight excluding hydrogens is 292 g/mol. The molecule has 0 unspecified atom stereocenters. The van der Waals surface area contributed by atoms with Crippen LogP contribution in [0.15, 0.2) is 46.7 Å². The first kappa shape index (κ1) is 14.7. The average Bonchev–Trinajstić information content (AvgIpc) is 2.90. The number of hydrogen-bond acceptors (Lipinski definition) is 4. The lowest BCUT2D eigenvalue weighted by Gasteiger charge is -2.07. The molecule has 1 aromatic carbocycles. The number of para-hydroxylation sites is 1. The number of methoxy groups -OCH3 is 1. The van der Waals surface area contributed by atoms with E-state index >= 15 is 0 Å². The van der Waals surface area contributed by atoms with E-state index in [1.165, 1.54) is 6.08 Å². The third-order valence-corrected chi connectivity index (χ3v) is 4.81. The summed E-state index contributed by atoms with van der Waals surface area (Å²) >= 11 is 3.31. The summed E-state index contributed by atoms with van der Waals surface area (Å²) in [7, 11) is 1.66. The summed E-state index contributed by atoms with van der Waals surface area (Å²) in [6, 6.07) is 9.80. The quantitative estimate of drug-likeness (QED) is 0.643. The van der Waals surface area contributed by atoms with Gasteiger partial charge in [0.2, 0.25) is 0 Å². The third kappa shape index (κ3) is 3.88. The molecule has 5 heteroatoms. The second kappa shape index (κ2) is 7.17. The predicted molar refractivity (Wildman–Crippen MR) is 83.5 cm³/mol. The van der Waals surface area contributed by atoms with Crippen molar-refractivity contribution >= 4 is 35.1 Å². The van der Waals surface area contributed by atoms with Gasteiger partial charge in [-0.2, -0.15) is 0 Å². The Balaban J connectivity index is 2.08. The van der Waals surface area contributed by atoms with Crippen LogP contribution in [0.1, 0.15) is 10.4 Å². The van der Waals surface area contributed by atoms with E-state index in [9.17, 15) is 4.79 Å². The molecule has 0 radical (unpaired) electrons. The number of carboxylic acids is 1. The van der Waals surface area contributed by atoms with Crippen molar-refractivity contribution in [2.75, 3.05) is 7.11 Å². The molecule has 0 atom stereocenters. The van der Waals surface area contributed by atoms with Gasteiger partial charge in [-0.3, -0.25) is 0 Å². The van der Waals surface area contributed by atoms with E-state index in [0.29, 0.717) is 0 Å². The Morgan fingerprint density at radius 2 is 2.20 bits per heavy atom. The zero-order valence-electron chi connectivity index (χ0n) is 10.9. The number of hydrogen-bond donors (Lipinski definition) is 1. The van der Waals surface area contributed by atoms with Crippen molar-refractivity contribution in [1.29, 1.82) is 0 Å². The van der Waals surface area contributed by atoms with Gasteiger partial charge in [-0.25, -0.2) is 4.79 Å². The van der Waals surface area contributed by atoms with Gasteiger partial charge < -0.3 is 9.84 Å². The van der Waals surface area contributed by atoms with Gasteiger partial charge in [-0.15, -0.1) is 23.1 Å². The molecule has 1 aromatic heterocycles. The molecule has 104 valence electrons. The summed E-state index contributed by atoms with van der Waals surface area (Å²) in [5.41, 5.74) is 0.958. The van der Waals surface area contributed by atoms with Crippen molar-refractivity contribution in [2.24, 2.45) is 0 Å². The van der Waals surface area contributed by atoms with Crippen molar-refractivity contribution in [3.8, 4) is 5.75 Å². The Labute approximate surface area is 125 Å². The molecule has 1 N–H and O–H groups in total. The van der Waals surface area contributed by atoms with Crippen LogP contribution < -0.4 is 4.74 Å². The van der Waals surface area contributed by atoms with Crippen molar-refractivity contribution < 1.29 is 14.6 Å². The molecule has 0 fully saturated rings. The van der Waals surface area contributed by atoms with Gasteiger partial charge >= 0.3 is 5.97 Å². The maximum absolute atomic E-state index is 10.6. The van der Waals surface area contributed by atoms with E-state index in [4.69, 9.17) is 9.84 Å². The highest BCUT2D eigenvalue weighted by molar-refractivity contribution is 7.98. The molecule has 20 heavy (non-hydrogen) atoms. The maximum atomic E-state index is 10.6. The number of ether oxygens (including phenoxy) is 1. The lowest BCUT2D eigenvalue weighted by Crippen LogP contribution is -1.87. The third-order valence-electron chi connectivity index (χ3n) is 2.61. The van der Waals surface area contributed by atoms with Crippen molar-refractivity contribution in [3.63, 3.8) is 0 Å². The molecular formula is C15H14O3S2. The van der Waals surface area contributed by atoms with Crippen LogP contribution in [0.25, 0.3) is 6.08 Å². The maximum Gasteiger partial charge on any atom is 0.328 e. The molecule has 0 spiro atoms.